The zero-order valence-corrected chi connectivity index (χ0v) is 11.1. The molecule has 1 atom stereocenters. The quantitative estimate of drug-likeness (QED) is 0.670. The van der Waals surface area contributed by atoms with E-state index in [1.807, 2.05) is 0 Å². The Morgan fingerprint density at radius 1 is 1.40 bits per heavy atom. The number of benzene rings is 1. The van der Waals surface area contributed by atoms with Crippen LogP contribution in [0.2, 0.25) is 0 Å². The molecule has 1 N–H and O–H groups in total. The summed E-state index contributed by atoms with van der Waals surface area (Å²) < 4.78 is 56.4. The number of carbonyl (C=O) groups is 1. The van der Waals surface area contributed by atoms with Gasteiger partial charge in [0.2, 0.25) is 0 Å². The van der Waals surface area contributed by atoms with Crippen LogP contribution in [-0.4, -0.2) is 19.6 Å². The van der Waals surface area contributed by atoms with E-state index in [9.17, 15) is 22.4 Å². The standard InChI is InChI=1S/C13H15F4NO2/c1-3-20-12(19)7-11(18-2)9-5-4-8(14)6-10(9)13(15,16)17/h4-6,11,18H,3,7H2,1-2H3. The second kappa shape index (κ2) is 6.69. The van der Waals surface area contributed by atoms with Gasteiger partial charge in [-0.05, 0) is 31.7 Å². The summed E-state index contributed by atoms with van der Waals surface area (Å²) in [5.74, 6) is -1.60. The predicted molar refractivity (Wildman–Crippen MR) is 64.5 cm³/mol. The Morgan fingerprint density at radius 3 is 2.55 bits per heavy atom. The fraction of sp³-hybridized carbons (Fsp3) is 0.462. The van der Waals surface area contributed by atoms with Crippen molar-refractivity contribution in [1.29, 1.82) is 0 Å². The van der Waals surface area contributed by atoms with Crippen molar-refractivity contribution >= 4 is 5.97 Å². The number of rotatable bonds is 5. The summed E-state index contributed by atoms with van der Waals surface area (Å²) in [4.78, 5) is 11.4. The maximum atomic E-state index is 13.0. The molecule has 20 heavy (non-hydrogen) atoms. The van der Waals surface area contributed by atoms with E-state index in [-0.39, 0.29) is 18.6 Å². The molecule has 0 aliphatic heterocycles. The highest BCUT2D eigenvalue weighted by molar-refractivity contribution is 5.70. The highest BCUT2D eigenvalue weighted by Crippen LogP contribution is 2.36. The van der Waals surface area contributed by atoms with E-state index >= 15 is 0 Å². The van der Waals surface area contributed by atoms with E-state index in [0.717, 1.165) is 12.1 Å². The molecule has 0 spiro atoms. The minimum absolute atomic E-state index is 0.144. The number of ether oxygens (including phenoxy) is 1. The van der Waals surface area contributed by atoms with Gasteiger partial charge in [0.05, 0.1) is 18.6 Å². The van der Waals surface area contributed by atoms with Crippen molar-refractivity contribution in [3.05, 3.63) is 35.1 Å². The Morgan fingerprint density at radius 2 is 2.05 bits per heavy atom. The highest BCUT2D eigenvalue weighted by Gasteiger charge is 2.36. The predicted octanol–water partition coefficient (Wildman–Crippen LogP) is 3.06. The molecule has 0 aliphatic carbocycles. The van der Waals surface area contributed by atoms with Crippen molar-refractivity contribution in [3.8, 4) is 0 Å². The van der Waals surface area contributed by atoms with Crippen molar-refractivity contribution < 1.29 is 27.1 Å². The number of hydrogen-bond acceptors (Lipinski definition) is 3. The van der Waals surface area contributed by atoms with Crippen LogP contribution in [0.5, 0.6) is 0 Å². The third-order valence-corrected chi connectivity index (χ3v) is 2.72. The maximum absolute atomic E-state index is 13.0. The third kappa shape index (κ3) is 4.19. The molecule has 1 aromatic rings. The SMILES string of the molecule is CCOC(=O)CC(NC)c1ccc(F)cc1C(F)(F)F. The van der Waals surface area contributed by atoms with Crippen molar-refractivity contribution in [1.82, 2.24) is 5.32 Å². The average Bonchev–Trinajstić information content (AvgIpc) is 2.35. The third-order valence-electron chi connectivity index (χ3n) is 2.72. The number of alkyl halides is 3. The summed E-state index contributed by atoms with van der Waals surface area (Å²) in [7, 11) is 1.42. The highest BCUT2D eigenvalue weighted by atomic mass is 19.4. The molecule has 0 aromatic heterocycles. The molecular formula is C13H15F4NO2. The van der Waals surface area contributed by atoms with Gasteiger partial charge >= 0.3 is 12.1 Å². The first-order valence-electron chi connectivity index (χ1n) is 5.99. The summed E-state index contributed by atoms with van der Waals surface area (Å²) in [6.45, 7) is 1.75. The molecule has 0 heterocycles. The molecule has 1 unspecified atom stereocenters. The van der Waals surface area contributed by atoms with Gasteiger partial charge in [-0.15, -0.1) is 0 Å². The van der Waals surface area contributed by atoms with Gasteiger partial charge in [-0.2, -0.15) is 13.2 Å². The second-order valence-electron chi connectivity index (χ2n) is 4.08. The Hall–Kier alpha value is -1.63. The normalized spacial score (nSPS) is 13.1. The van der Waals surface area contributed by atoms with Gasteiger partial charge in [-0.3, -0.25) is 4.79 Å². The topological polar surface area (TPSA) is 38.3 Å². The minimum atomic E-state index is -4.69. The summed E-state index contributed by atoms with van der Waals surface area (Å²) >= 11 is 0. The van der Waals surface area contributed by atoms with E-state index in [2.05, 4.69) is 5.32 Å². The fourth-order valence-electron chi connectivity index (χ4n) is 1.83. The molecule has 112 valence electrons. The summed E-state index contributed by atoms with van der Waals surface area (Å²) in [6.07, 6.45) is -4.96. The van der Waals surface area contributed by atoms with Crippen LogP contribution in [0.1, 0.15) is 30.5 Å². The zero-order valence-electron chi connectivity index (χ0n) is 11.1. The number of hydrogen-bond donors (Lipinski definition) is 1. The van der Waals surface area contributed by atoms with Crippen LogP contribution >= 0.6 is 0 Å². The second-order valence-corrected chi connectivity index (χ2v) is 4.08. The summed E-state index contributed by atoms with van der Waals surface area (Å²) in [6, 6.07) is 1.48. The number of halogens is 4. The molecule has 0 saturated carbocycles. The van der Waals surface area contributed by atoms with Gasteiger partial charge in [0.1, 0.15) is 5.82 Å². The van der Waals surface area contributed by atoms with E-state index in [1.54, 1.807) is 6.92 Å². The van der Waals surface area contributed by atoms with E-state index in [1.165, 1.54) is 7.05 Å². The van der Waals surface area contributed by atoms with Crippen LogP contribution in [0.15, 0.2) is 18.2 Å². The Kier molecular flexibility index (Phi) is 5.50. The number of nitrogens with one attached hydrogen (secondary N) is 1. The van der Waals surface area contributed by atoms with Crippen LogP contribution in [0, 0.1) is 5.82 Å². The van der Waals surface area contributed by atoms with Gasteiger partial charge in [0.15, 0.2) is 0 Å². The lowest BCUT2D eigenvalue weighted by molar-refractivity contribution is -0.145. The van der Waals surface area contributed by atoms with Gasteiger partial charge in [0, 0.05) is 6.04 Å². The molecule has 0 aliphatic rings. The first-order valence-corrected chi connectivity index (χ1v) is 5.99. The van der Waals surface area contributed by atoms with Crippen molar-refractivity contribution in [2.45, 2.75) is 25.6 Å². The van der Waals surface area contributed by atoms with Crippen molar-refractivity contribution in [2.24, 2.45) is 0 Å². The van der Waals surface area contributed by atoms with Crippen LogP contribution in [0.4, 0.5) is 17.6 Å². The van der Waals surface area contributed by atoms with Gasteiger partial charge < -0.3 is 10.1 Å². The molecule has 0 fully saturated rings. The molecular weight excluding hydrogens is 278 g/mol. The minimum Gasteiger partial charge on any atom is -0.466 e. The number of esters is 1. The Balaban J connectivity index is 3.12. The maximum Gasteiger partial charge on any atom is 0.416 e. The van der Waals surface area contributed by atoms with E-state index in [0.29, 0.717) is 6.07 Å². The smallest absolute Gasteiger partial charge is 0.416 e. The zero-order chi connectivity index (χ0) is 15.3. The van der Waals surface area contributed by atoms with Crippen molar-refractivity contribution in [3.63, 3.8) is 0 Å². The molecule has 1 aromatic carbocycles. The molecule has 1 rings (SSSR count). The van der Waals surface area contributed by atoms with Gasteiger partial charge in [0.25, 0.3) is 0 Å². The lowest BCUT2D eigenvalue weighted by atomic mass is 9.97. The van der Waals surface area contributed by atoms with Crippen LogP contribution in [-0.2, 0) is 15.7 Å². The first-order chi connectivity index (χ1) is 9.29. The Bertz CT molecular complexity index is 474. The first kappa shape index (κ1) is 16.4. The number of carbonyl (C=O) groups excluding carboxylic acids is 1. The molecule has 0 bridgehead atoms. The van der Waals surface area contributed by atoms with E-state index < -0.39 is 29.6 Å². The Labute approximate surface area is 113 Å². The van der Waals surface area contributed by atoms with Crippen LogP contribution in [0.25, 0.3) is 0 Å². The van der Waals surface area contributed by atoms with Crippen LogP contribution < -0.4 is 5.32 Å². The summed E-state index contributed by atoms with van der Waals surface area (Å²) in [5.41, 5.74) is -1.28. The molecule has 0 amide bonds. The molecule has 0 saturated heterocycles. The fourth-order valence-corrected chi connectivity index (χ4v) is 1.83. The molecule has 3 nitrogen and oxygen atoms in total. The largest absolute Gasteiger partial charge is 0.466 e. The van der Waals surface area contributed by atoms with Crippen molar-refractivity contribution in [2.75, 3.05) is 13.7 Å². The lowest BCUT2D eigenvalue weighted by Gasteiger charge is -2.20. The van der Waals surface area contributed by atoms with Gasteiger partial charge in [-0.25, -0.2) is 4.39 Å². The monoisotopic (exact) mass is 293 g/mol. The molecule has 7 heteroatoms. The molecule has 0 radical (unpaired) electrons. The lowest BCUT2D eigenvalue weighted by Crippen LogP contribution is -2.24. The van der Waals surface area contributed by atoms with Crippen LogP contribution in [0.3, 0.4) is 0 Å². The van der Waals surface area contributed by atoms with Gasteiger partial charge in [-0.1, -0.05) is 6.07 Å². The summed E-state index contributed by atoms with van der Waals surface area (Å²) in [5, 5.41) is 2.62. The average molecular weight is 293 g/mol. The van der Waals surface area contributed by atoms with E-state index in [4.69, 9.17) is 4.74 Å².